The number of nitrogens with zero attached hydrogens (tertiary/aromatic N) is 2. The highest BCUT2D eigenvalue weighted by molar-refractivity contribution is 5.80. The number of methoxy groups -OCH3 is 1. The Morgan fingerprint density at radius 3 is 2.41 bits per heavy atom. The van der Waals surface area contributed by atoms with Crippen LogP contribution in [0.15, 0.2) is 41.4 Å². The minimum Gasteiger partial charge on any atom is -0.494 e. The third-order valence-electron chi connectivity index (χ3n) is 6.26. The fourth-order valence-electron chi connectivity index (χ4n) is 4.38. The molecular weight excluding hydrogens is 417 g/mol. The van der Waals surface area contributed by atoms with Crippen molar-refractivity contribution in [1.29, 1.82) is 0 Å². The number of likely N-dealkylation sites (tertiary alicyclic amines) is 1. The van der Waals surface area contributed by atoms with Crippen LogP contribution in [0.2, 0.25) is 0 Å². The predicted molar refractivity (Wildman–Crippen MR) is 118 cm³/mol. The minimum absolute atomic E-state index is 0.0299. The quantitative estimate of drug-likeness (QED) is 0.524. The van der Waals surface area contributed by atoms with Gasteiger partial charge in [0.2, 0.25) is 0 Å². The Hall–Kier alpha value is -2.74. The smallest absolute Gasteiger partial charge is 0.191 e. The fourth-order valence-corrected chi connectivity index (χ4v) is 4.38. The van der Waals surface area contributed by atoms with Crippen LogP contribution < -0.4 is 15.4 Å². The number of ether oxygens (including phenoxy) is 1. The molecule has 1 heterocycles. The van der Waals surface area contributed by atoms with Gasteiger partial charge in [-0.15, -0.1) is 0 Å². The summed E-state index contributed by atoms with van der Waals surface area (Å²) < 4.78 is 46.9. The van der Waals surface area contributed by atoms with Crippen molar-refractivity contribution < 1.29 is 17.9 Å². The Bertz CT molecular complexity index is 955. The van der Waals surface area contributed by atoms with E-state index in [0.29, 0.717) is 18.9 Å². The lowest BCUT2D eigenvalue weighted by molar-refractivity contribution is 0.198. The second-order valence-corrected chi connectivity index (χ2v) is 8.46. The van der Waals surface area contributed by atoms with Crippen molar-refractivity contribution >= 4 is 5.96 Å². The van der Waals surface area contributed by atoms with Crippen LogP contribution in [0.1, 0.15) is 36.3 Å². The molecule has 0 amide bonds. The Morgan fingerprint density at radius 2 is 1.78 bits per heavy atom. The zero-order chi connectivity index (χ0) is 22.7. The van der Waals surface area contributed by atoms with Gasteiger partial charge in [0.1, 0.15) is 11.6 Å². The Morgan fingerprint density at radius 1 is 1.06 bits per heavy atom. The molecule has 2 N–H and O–H groups in total. The SMILES string of the molecule is CN=C(NC1CCN(Cc2ccc(OC)c(F)c2)CC1)NC1CC1c1c(F)cccc1F. The highest BCUT2D eigenvalue weighted by Gasteiger charge is 2.42. The monoisotopic (exact) mass is 446 g/mol. The van der Waals surface area contributed by atoms with Crippen LogP contribution in [0.3, 0.4) is 0 Å². The molecule has 0 aromatic heterocycles. The van der Waals surface area contributed by atoms with Gasteiger partial charge < -0.3 is 15.4 Å². The van der Waals surface area contributed by atoms with Gasteiger partial charge in [-0.3, -0.25) is 9.89 Å². The molecule has 2 fully saturated rings. The summed E-state index contributed by atoms with van der Waals surface area (Å²) in [6.07, 6.45) is 2.53. The molecule has 4 rings (SSSR count). The van der Waals surface area contributed by atoms with Crippen LogP contribution in [-0.4, -0.2) is 50.2 Å². The van der Waals surface area contributed by atoms with E-state index in [1.807, 2.05) is 6.07 Å². The molecule has 5 nitrogen and oxygen atoms in total. The minimum atomic E-state index is -0.494. The summed E-state index contributed by atoms with van der Waals surface area (Å²) in [5, 5.41) is 6.73. The first kappa shape index (κ1) is 22.5. The normalized spacial score (nSPS) is 22.0. The molecule has 2 aromatic rings. The first-order valence-electron chi connectivity index (χ1n) is 11.0. The van der Waals surface area contributed by atoms with Gasteiger partial charge in [0.05, 0.1) is 7.11 Å². The molecule has 1 saturated heterocycles. The Kier molecular flexibility index (Phi) is 6.89. The molecule has 1 aliphatic carbocycles. The Labute approximate surface area is 186 Å². The average Bonchev–Trinajstić information content (AvgIpc) is 3.53. The number of piperidine rings is 1. The number of benzene rings is 2. The molecule has 2 aliphatic rings. The van der Waals surface area contributed by atoms with Crippen LogP contribution in [-0.2, 0) is 6.54 Å². The number of guanidine groups is 1. The molecule has 2 aromatic carbocycles. The topological polar surface area (TPSA) is 48.9 Å². The predicted octanol–water partition coefficient (Wildman–Crippen LogP) is 3.80. The van der Waals surface area contributed by atoms with Crippen LogP contribution in [0.5, 0.6) is 5.75 Å². The fraction of sp³-hybridized carbons (Fsp3) is 0.458. The zero-order valence-electron chi connectivity index (χ0n) is 18.4. The molecule has 0 radical (unpaired) electrons. The number of hydrogen-bond donors (Lipinski definition) is 2. The van der Waals surface area contributed by atoms with Crippen molar-refractivity contribution in [3.8, 4) is 5.75 Å². The number of rotatable bonds is 6. The third-order valence-corrected chi connectivity index (χ3v) is 6.26. The van der Waals surface area contributed by atoms with Crippen LogP contribution in [0.25, 0.3) is 0 Å². The van der Waals surface area contributed by atoms with Crippen LogP contribution in [0.4, 0.5) is 13.2 Å². The summed E-state index contributed by atoms with van der Waals surface area (Å²) in [5.41, 5.74) is 1.08. The van der Waals surface area contributed by atoms with Crippen molar-refractivity contribution in [2.45, 2.75) is 43.8 Å². The number of nitrogens with one attached hydrogen (secondary N) is 2. The van der Waals surface area contributed by atoms with Crippen LogP contribution in [0, 0.1) is 17.5 Å². The maximum absolute atomic E-state index is 14.0. The van der Waals surface area contributed by atoms with Crippen LogP contribution >= 0.6 is 0 Å². The van der Waals surface area contributed by atoms with Crippen molar-refractivity contribution in [2.75, 3.05) is 27.2 Å². The van der Waals surface area contributed by atoms with E-state index in [1.165, 1.54) is 31.4 Å². The highest BCUT2D eigenvalue weighted by Crippen LogP contribution is 2.43. The van der Waals surface area contributed by atoms with Gasteiger partial charge in [0, 0.05) is 50.2 Å². The first-order valence-corrected chi connectivity index (χ1v) is 11.0. The molecule has 1 saturated carbocycles. The summed E-state index contributed by atoms with van der Waals surface area (Å²) in [4.78, 5) is 6.59. The lowest BCUT2D eigenvalue weighted by Crippen LogP contribution is -2.49. The maximum Gasteiger partial charge on any atom is 0.191 e. The summed E-state index contributed by atoms with van der Waals surface area (Å²) in [7, 11) is 3.16. The van der Waals surface area contributed by atoms with Gasteiger partial charge in [-0.25, -0.2) is 13.2 Å². The molecule has 32 heavy (non-hydrogen) atoms. The summed E-state index contributed by atoms with van der Waals surface area (Å²) >= 11 is 0. The van der Waals surface area contributed by atoms with Gasteiger partial charge in [0.25, 0.3) is 0 Å². The van der Waals surface area contributed by atoms with Crippen molar-refractivity contribution in [1.82, 2.24) is 15.5 Å². The van der Waals surface area contributed by atoms with Gasteiger partial charge in [-0.05, 0) is 49.1 Å². The number of halogens is 3. The van der Waals surface area contributed by atoms with E-state index in [2.05, 4.69) is 20.5 Å². The van der Waals surface area contributed by atoms with Gasteiger partial charge >= 0.3 is 0 Å². The maximum atomic E-state index is 14.0. The van der Waals surface area contributed by atoms with E-state index in [-0.39, 0.29) is 35.1 Å². The first-order chi connectivity index (χ1) is 15.5. The summed E-state index contributed by atoms with van der Waals surface area (Å²) in [6, 6.07) is 9.29. The summed E-state index contributed by atoms with van der Waals surface area (Å²) in [5.74, 6) is -0.597. The third kappa shape index (κ3) is 5.18. The molecule has 8 heteroatoms. The zero-order valence-corrected chi connectivity index (χ0v) is 18.4. The van der Waals surface area contributed by atoms with Gasteiger partial charge in [-0.1, -0.05) is 12.1 Å². The van der Waals surface area contributed by atoms with E-state index in [9.17, 15) is 13.2 Å². The molecule has 1 aliphatic heterocycles. The molecule has 0 spiro atoms. The van der Waals surface area contributed by atoms with E-state index in [0.717, 1.165) is 31.5 Å². The molecule has 0 bridgehead atoms. The van der Waals surface area contributed by atoms with E-state index >= 15 is 0 Å². The second kappa shape index (κ2) is 9.81. The molecule has 2 unspecified atom stereocenters. The summed E-state index contributed by atoms with van der Waals surface area (Å²) in [6.45, 7) is 2.46. The largest absolute Gasteiger partial charge is 0.494 e. The lowest BCUT2D eigenvalue weighted by atomic mass is 10.0. The number of aliphatic imine (C=N–C) groups is 1. The van der Waals surface area contributed by atoms with Crippen molar-refractivity contribution in [3.05, 3.63) is 65.0 Å². The molecule has 172 valence electrons. The lowest BCUT2D eigenvalue weighted by Gasteiger charge is -2.33. The van der Waals surface area contributed by atoms with Crippen molar-refractivity contribution in [3.63, 3.8) is 0 Å². The second-order valence-electron chi connectivity index (χ2n) is 8.46. The van der Waals surface area contributed by atoms with E-state index in [1.54, 1.807) is 13.1 Å². The number of hydrogen-bond acceptors (Lipinski definition) is 3. The van der Waals surface area contributed by atoms with Crippen molar-refractivity contribution in [2.24, 2.45) is 4.99 Å². The average molecular weight is 447 g/mol. The molecular formula is C24H29F3N4O. The van der Waals surface area contributed by atoms with E-state index < -0.39 is 11.6 Å². The van der Waals surface area contributed by atoms with Gasteiger partial charge in [-0.2, -0.15) is 0 Å². The highest BCUT2D eigenvalue weighted by atomic mass is 19.1. The molecule has 2 atom stereocenters. The standard InChI is InChI=1S/C24H29F3N4O/c1-28-24(30-21-13-17(21)23-18(25)4-3-5-19(23)26)29-16-8-10-31(11-9-16)14-15-6-7-22(32-2)20(27)12-15/h3-7,12,16-17,21H,8-11,13-14H2,1-2H3,(H2,28,29,30). The van der Waals surface area contributed by atoms with E-state index in [4.69, 9.17) is 4.74 Å². The van der Waals surface area contributed by atoms with Gasteiger partial charge in [0.15, 0.2) is 17.5 Å². The Balaban J connectivity index is 1.24.